The minimum atomic E-state index is -0.875. The second kappa shape index (κ2) is 8.87. The van der Waals surface area contributed by atoms with Gasteiger partial charge in [-0.05, 0) is 18.3 Å². The number of hydrogen-bond donors (Lipinski definition) is 3. The molecule has 0 radical (unpaired) electrons. The lowest BCUT2D eigenvalue weighted by Gasteiger charge is -2.34. The first kappa shape index (κ1) is 22.8. The van der Waals surface area contributed by atoms with E-state index >= 15 is 0 Å². The van der Waals surface area contributed by atoms with Crippen molar-refractivity contribution in [2.45, 2.75) is 70.2 Å². The summed E-state index contributed by atoms with van der Waals surface area (Å²) >= 11 is 1.30. The molecule has 0 aromatic carbocycles. The molecular weight excluding hydrogens is 432 g/mol. The van der Waals surface area contributed by atoms with Crippen LogP contribution in [0.4, 0.5) is 0 Å². The molecule has 2 amide bonds. The van der Waals surface area contributed by atoms with Crippen LogP contribution in [0.2, 0.25) is 0 Å². The third kappa shape index (κ3) is 4.84. The van der Waals surface area contributed by atoms with E-state index in [0.717, 1.165) is 18.5 Å². The lowest BCUT2D eigenvalue weighted by Crippen LogP contribution is -2.50. The number of aliphatic hydroxyl groups excluding tert-OH is 2. The van der Waals surface area contributed by atoms with Gasteiger partial charge in [0.05, 0.1) is 22.2 Å². The van der Waals surface area contributed by atoms with Crippen molar-refractivity contribution in [2.24, 2.45) is 5.41 Å². The van der Waals surface area contributed by atoms with Gasteiger partial charge in [0, 0.05) is 37.8 Å². The van der Waals surface area contributed by atoms with Crippen molar-refractivity contribution in [3.8, 4) is 0 Å². The molecule has 0 spiro atoms. The fourth-order valence-electron chi connectivity index (χ4n) is 4.13. The average Bonchev–Trinajstić information content (AvgIpc) is 3.11. The summed E-state index contributed by atoms with van der Waals surface area (Å²) in [5.74, 6) is -0.260. The quantitative estimate of drug-likeness (QED) is 0.559. The van der Waals surface area contributed by atoms with Crippen molar-refractivity contribution < 1.29 is 19.8 Å². The molecule has 1 aliphatic heterocycles. The second-order valence-corrected chi connectivity index (χ2v) is 10.6. The Morgan fingerprint density at radius 3 is 2.72 bits per heavy atom. The molecule has 2 aliphatic rings. The van der Waals surface area contributed by atoms with Crippen LogP contribution in [0.15, 0.2) is 17.9 Å². The van der Waals surface area contributed by atoms with E-state index in [1.807, 2.05) is 27.0 Å². The Hall–Kier alpha value is -2.37. The highest BCUT2D eigenvalue weighted by atomic mass is 32.1. The summed E-state index contributed by atoms with van der Waals surface area (Å²) in [6.07, 6.45) is 4.04. The summed E-state index contributed by atoms with van der Waals surface area (Å²) in [4.78, 5) is 32.6. The van der Waals surface area contributed by atoms with Gasteiger partial charge in [0.25, 0.3) is 0 Å². The normalized spacial score (nSPS) is 23.2. The number of carbonyl (C=O) groups excluding carboxylic acids is 2. The first-order valence-corrected chi connectivity index (χ1v) is 11.8. The van der Waals surface area contributed by atoms with E-state index in [9.17, 15) is 19.8 Å². The van der Waals surface area contributed by atoms with Crippen LogP contribution in [0.3, 0.4) is 0 Å². The maximum atomic E-state index is 13.7. The topological polar surface area (TPSA) is 133 Å². The lowest BCUT2D eigenvalue weighted by molar-refractivity contribution is -0.144. The van der Waals surface area contributed by atoms with E-state index in [4.69, 9.17) is 0 Å². The van der Waals surface area contributed by atoms with Gasteiger partial charge < -0.3 is 20.4 Å². The van der Waals surface area contributed by atoms with Gasteiger partial charge in [-0.15, -0.1) is 16.4 Å². The van der Waals surface area contributed by atoms with Crippen LogP contribution in [0.1, 0.15) is 68.7 Å². The Morgan fingerprint density at radius 2 is 2.09 bits per heavy atom. The fraction of sp³-hybridized carbons (Fsp3) is 0.667. The fourth-order valence-corrected chi connectivity index (χ4v) is 4.74. The monoisotopic (exact) mass is 462 g/mol. The molecule has 1 saturated carbocycles. The largest absolute Gasteiger partial charge is 0.391 e. The zero-order chi connectivity index (χ0) is 23.0. The predicted octanol–water partition coefficient (Wildman–Crippen LogP) is 1.01. The molecule has 0 bridgehead atoms. The molecule has 4 rings (SSSR count). The molecule has 2 aromatic heterocycles. The zero-order valence-corrected chi connectivity index (χ0v) is 19.3. The predicted molar refractivity (Wildman–Crippen MR) is 117 cm³/mol. The molecule has 10 nitrogen and oxygen atoms in total. The van der Waals surface area contributed by atoms with E-state index in [2.05, 4.69) is 20.6 Å². The molecule has 1 aliphatic carbocycles. The molecular formula is C21H30N6O4S. The van der Waals surface area contributed by atoms with Crippen LogP contribution < -0.4 is 5.32 Å². The number of likely N-dealkylation sites (tertiary alicyclic amines) is 1. The third-order valence-corrected chi connectivity index (χ3v) is 6.83. The van der Waals surface area contributed by atoms with Gasteiger partial charge in [-0.3, -0.25) is 14.6 Å². The van der Waals surface area contributed by atoms with Gasteiger partial charge in [0.1, 0.15) is 18.2 Å². The Kier molecular flexibility index (Phi) is 6.33. The van der Waals surface area contributed by atoms with Crippen LogP contribution in [-0.2, 0) is 9.59 Å². The summed E-state index contributed by atoms with van der Waals surface area (Å²) in [6.45, 7) is 5.92. The zero-order valence-electron chi connectivity index (χ0n) is 18.5. The number of thiazole rings is 1. The Balaban J connectivity index is 1.49. The lowest BCUT2D eigenvalue weighted by atomic mass is 9.85. The highest BCUT2D eigenvalue weighted by molar-refractivity contribution is 7.09. The third-order valence-electron chi connectivity index (χ3n) is 5.96. The summed E-state index contributed by atoms with van der Waals surface area (Å²) in [5.41, 5.74) is 2.02. The highest BCUT2D eigenvalue weighted by Gasteiger charge is 2.45. The maximum absolute atomic E-state index is 13.7. The number of hydrogen-bond acceptors (Lipinski definition) is 8. The number of rotatable bonds is 7. The summed E-state index contributed by atoms with van der Waals surface area (Å²) in [7, 11) is 0. The first-order valence-electron chi connectivity index (χ1n) is 10.9. The molecule has 2 fully saturated rings. The molecule has 3 N–H and O–H groups in total. The highest BCUT2D eigenvalue weighted by Crippen LogP contribution is 2.40. The number of aromatic nitrogens is 4. The van der Waals surface area contributed by atoms with Gasteiger partial charge in [0.2, 0.25) is 11.8 Å². The molecule has 3 unspecified atom stereocenters. The van der Waals surface area contributed by atoms with Crippen LogP contribution in [0.5, 0.6) is 0 Å². The molecule has 174 valence electrons. The smallest absolute Gasteiger partial charge is 0.248 e. The molecule has 4 atom stereocenters. The standard InChI is InChI=1S/C21H30N6O4S/c1-21(2,3)18(27-10-14(24-25-27)12-4-5-12)20(31)26-9-13(28)6-15(26)19(30)23-7-16(29)17-8-22-11-32-17/h8,10-13,15-16,18,28-29H,4-7,9H2,1-3H3,(H,23,30)/t13?,15?,16?,18-/m1/s1. The van der Waals surface area contributed by atoms with Gasteiger partial charge in [-0.2, -0.15) is 0 Å². The van der Waals surface area contributed by atoms with Crippen molar-refractivity contribution in [2.75, 3.05) is 13.1 Å². The van der Waals surface area contributed by atoms with Crippen molar-refractivity contribution in [1.82, 2.24) is 30.2 Å². The average molecular weight is 463 g/mol. The van der Waals surface area contributed by atoms with Gasteiger partial charge in [-0.25, -0.2) is 4.68 Å². The minimum absolute atomic E-state index is 0.00613. The number of carbonyl (C=O) groups is 2. The Morgan fingerprint density at radius 1 is 1.34 bits per heavy atom. The minimum Gasteiger partial charge on any atom is -0.391 e. The van der Waals surface area contributed by atoms with E-state index in [-0.39, 0.29) is 25.4 Å². The second-order valence-electron chi connectivity index (χ2n) is 9.73. The first-order chi connectivity index (χ1) is 15.1. The van der Waals surface area contributed by atoms with E-state index in [0.29, 0.717) is 10.8 Å². The Bertz CT molecular complexity index is 952. The van der Waals surface area contributed by atoms with Gasteiger partial charge in [-0.1, -0.05) is 26.0 Å². The Labute approximate surface area is 190 Å². The van der Waals surface area contributed by atoms with Crippen LogP contribution in [0.25, 0.3) is 0 Å². The van der Waals surface area contributed by atoms with E-state index < -0.39 is 35.6 Å². The van der Waals surface area contributed by atoms with E-state index in [1.54, 1.807) is 16.4 Å². The summed E-state index contributed by atoms with van der Waals surface area (Å²) in [6, 6.07) is -1.48. The van der Waals surface area contributed by atoms with Crippen LogP contribution in [0, 0.1) is 5.41 Å². The van der Waals surface area contributed by atoms with Crippen molar-refractivity contribution in [3.05, 3.63) is 28.5 Å². The van der Waals surface area contributed by atoms with Crippen LogP contribution >= 0.6 is 11.3 Å². The molecule has 2 aromatic rings. The molecule has 11 heteroatoms. The molecule has 1 saturated heterocycles. The van der Waals surface area contributed by atoms with Crippen molar-refractivity contribution >= 4 is 23.2 Å². The molecule has 3 heterocycles. The van der Waals surface area contributed by atoms with Crippen LogP contribution in [-0.4, -0.2) is 72.1 Å². The summed E-state index contributed by atoms with van der Waals surface area (Å²) in [5, 5.41) is 31.7. The maximum Gasteiger partial charge on any atom is 0.248 e. The van der Waals surface area contributed by atoms with Crippen molar-refractivity contribution in [1.29, 1.82) is 0 Å². The van der Waals surface area contributed by atoms with Gasteiger partial charge >= 0.3 is 0 Å². The number of aliphatic hydroxyl groups is 2. The number of nitrogens with one attached hydrogen (secondary N) is 1. The van der Waals surface area contributed by atoms with Crippen molar-refractivity contribution in [3.63, 3.8) is 0 Å². The van der Waals surface area contributed by atoms with Gasteiger partial charge in [0.15, 0.2) is 0 Å². The number of amides is 2. The molecule has 32 heavy (non-hydrogen) atoms. The van der Waals surface area contributed by atoms with E-state index in [1.165, 1.54) is 16.2 Å². The number of nitrogens with zero attached hydrogens (tertiary/aromatic N) is 5. The summed E-state index contributed by atoms with van der Waals surface area (Å²) < 4.78 is 1.60. The SMILES string of the molecule is CC(C)(C)[C@@H](C(=O)N1CC(O)CC1C(=O)NCC(O)c1cncs1)n1cc(C2CC2)nn1. The number of β-amino-alcohol motifs (C(OH)–C–C–N with tert-alkyl or cyclic N) is 1.